The van der Waals surface area contributed by atoms with Gasteiger partial charge in [0, 0.05) is 36.8 Å². The summed E-state index contributed by atoms with van der Waals surface area (Å²) in [6, 6.07) is 13.3. The second-order valence-electron chi connectivity index (χ2n) is 13.2. The number of aldehydes is 1. The zero-order chi connectivity index (χ0) is 39.6. The third-order valence-corrected chi connectivity index (χ3v) is 10.1. The first-order chi connectivity index (χ1) is 25.9. The molecule has 0 bridgehead atoms. The molecule has 14 nitrogen and oxygen atoms in total. The van der Waals surface area contributed by atoms with E-state index in [1.54, 1.807) is 25.1 Å². The highest BCUT2D eigenvalue weighted by Gasteiger charge is 2.37. The Morgan fingerprint density at radius 1 is 1.09 bits per heavy atom. The van der Waals surface area contributed by atoms with Gasteiger partial charge in [-0.05, 0) is 53.6 Å². The van der Waals surface area contributed by atoms with Crippen LogP contribution in [-0.2, 0) is 44.6 Å². The van der Waals surface area contributed by atoms with Gasteiger partial charge in [0.1, 0.15) is 30.8 Å². The van der Waals surface area contributed by atoms with E-state index in [4.69, 9.17) is 36.1 Å². The van der Waals surface area contributed by atoms with E-state index in [1.165, 1.54) is 19.3 Å². The maximum absolute atomic E-state index is 13.9. The Bertz CT molecular complexity index is 1660. The molecule has 2 aromatic carbocycles. The summed E-state index contributed by atoms with van der Waals surface area (Å²) in [5.74, 6) is -4.06. The van der Waals surface area contributed by atoms with Crippen LogP contribution in [0.5, 0.6) is 5.75 Å². The van der Waals surface area contributed by atoms with Crippen LogP contribution in [0.4, 0.5) is 0 Å². The van der Waals surface area contributed by atoms with Gasteiger partial charge in [0.2, 0.25) is 11.8 Å². The minimum absolute atomic E-state index is 0.00199. The fourth-order valence-corrected chi connectivity index (χ4v) is 7.08. The van der Waals surface area contributed by atoms with Gasteiger partial charge in [-0.25, -0.2) is 4.79 Å². The zero-order valence-electron chi connectivity index (χ0n) is 30.7. The number of benzene rings is 2. The lowest BCUT2D eigenvalue weighted by Gasteiger charge is -2.34. The molecule has 1 aliphatic heterocycles. The molecule has 2 N–H and O–H groups in total. The van der Waals surface area contributed by atoms with Gasteiger partial charge in [0.05, 0.1) is 29.0 Å². The average Bonchev–Trinajstić information content (AvgIpc) is 3.14. The van der Waals surface area contributed by atoms with Crippen molar-refractivity contribution in [1.82, 2.24) is 10.6 Å². The van der Waals surface area contributed by atoms with Gasteiger partial charge in [-0.2, -0.15) is 0 Å². The SMILES string of the molecule is COc1ccc(C[C@H]2NC(=O)/C=C/C[C@@H]([C@H](C)[C@@H](OCC=O)[C@@H](Br)c3ccccc3)OC(=O)[C@H](CC(C)C)OC(=O)[C@H](CCN=[N+]=[N-])CNC2=O)cc1Cl. The van der Waals surface area contributed by atoms with E-state index in [-0.39, 0.29) is 51.3 Å². The van der Waals surface area contributed by atoms with Gasteiger partial charge >= 0.3 is 11.9 Å². The summed E-state index contributed by atoms with van der Waals surface area (Å²) in [6.07, 6.45) is 0.656. The molecule has 2 amide bonds. The summed E-state index contributed by atoms with van der Waals surface area (Å²) in [5, 5.41) is 9.28. The van der Waals surface area contributed by atoms with Crippen molar-refractivity contribution < 1.29 is 42.9 Å². The average molecular weight is 833 g/mol. The van der Waals surface area contributed by atoms with E-state index >= 15 is 0 Å². The third-order valence-electron chi connectivity index (χ3n) is 8.77. The fraction of sp³-hybridized carbons (Fsp3) is 0.500. The van der Waals surface area contributed by atoms with E-state index in [0.29, 0.717) is 22.6 Å². The molecule has 54 heavy (non-hydrogen) atoms. The molecule has 2 aromatic rings. The number of cyclic esters (lactones) is 2. The number of nitrogens with one attached hydrogen (secondary N) is 2. The molecule has 1 heterocycles. The van der Waals surface area contributed by atoms with Crippen LogP contribution in [-0.4, -0.2) is 81.2 Å². The monoisotopic (exact) mass is 831 g/mol. The largest absolute Gasteiger partial charge is 0.495 e. The molecule has 0 saturated heterocycles. The molecule has 3 rings (SSSR count). The second-order valence-corrected chi connectivity index (χ2v) is 14.6. The van der Waals surface area contributed by atoms with Crippen molar-refractivity contribution in [3.05, 3.63) is 87.3 Å². The Morgan fingerprint density at radius 3 is 2.48 bits per heavy atom. The molecular formula is C38H47BrClN5O9. The summed E-state index contributed by atoms with van der Waals surface area (Å²) >= 11 is 10.1. The topological polar surface area (TPSA) is 195 Å². The van der Waals surface area contributed by atoms with Crippen LogP contribution in [0, 0.1) is 17.8 Å². The molecule has 0 fully saturated rings. The number of ether oxygens (including phenoxy) is 4. The van der Waals surface area contributed by atoms with Gasteiger partial charge < -0.3 is 34.4 Å². The fourth-order valence-electron chi connectivity index (χ4n) is 5.86. The van der Waals surface area contributed by atoms with Crippen LogP contribution in [0.1, 0.15) is 56.0 Å². The smallest absolute Gasteiger partial charge is 0.347 e. The first-order valence-electron chi connectivity index (χ1n) is 17.6. The van der Waals surface area contributed by atoms with Crippen LogP contribution in [0.15, 0.2) is 65.8 Å². The van der Waals surface area contributed by atoms with E-state index in [2.05, 4.69) is 36.6 Å². The number of esters is 2. The number of alkyl halides is 1. The highest BCUT2D eigenvalue weighted by molar-refractivity contribution is 9.09. The van der Waals surface area contributed by atoms with Crippen molar-refractivity contribution in [2.45, 2.75) is 75.6 Å². The number of methoxy groups -OCH3 is 1. The lowest BCUT2D eigenvalue weighted by molar-refractivity contribution is -0.178. The summed E-state index contributed by atoms with van der Waals surface area (Å²) in [7, 11) is 1.48. The van der Waals surface area contributed by atoms with Gasteiger partial charge in [0.25, 0.3) is 0 Å². The number of rotatable bonds is 15. The number of hydrogen-bond acceptors (Lipinski definition) is 10. The third kappa shape index (κ3) is 13.8. The second kappa shape index (κ2) is 22.7. The van der Waals surface area contributed by atoms with Crippen molar-refractivity contribution in [3.8, 4) is 5.75 Å². The normalized spacial score (nSPS) is 22.4. The number of halogens is 2. The Balaban J connectivity index is 2.05. The Kier molecular flexibility index (Phi) is 18.5. The Morgan fingerprint density at radius 2 is 1.83 bits per heavy atom. The first-order valence-corrected chi connectivity index (χ1v) is 18.9. The van der Waals surface area contributed by atoms with Crippen LogP contribution in [0.2, 0.25) is 5.02 Å². The molecule has 7 atom stereocenters. The van der Waals surface area contributed by atoms with Gasteiger partial charge in [0.15, 0.2) is 6.10 Å². The zero-order valence-corrected chi connectivity index (χ0v) is 33.0. The van der Waals surface area contributed by atoms with Gasteiger partial charge in [-0.1, -0.05) is 95.9 Å². The molecule has 0 aromatic heterocycles. The number of carbonyl (C=O) groups is 5. The highest BCUT2D eigenvalue weighted by atomic mass is 79.9. The van der Waals surface area contributed by atoms with Crippen molar-refractivity contribution in [2.75, 3.05) is 26.8 Å². The molecule has 0 unspecified atom stereocenters. The highest BCUT2D eigenvalue weighted by Crippen LogP contribution is 2.35. The Labute approximate surface area is 328 Å². The molecule has 292 valence electrons. The minimum atomic E-state index is -1.32. The standard InChI is InChI=1S/C38H47BrClN5O9/c1-23(2)19-32-38(50)53-30(24(3)35(52-18-17-46)34(39)26-9-6-5-7-10-26)11-8-12-33(47)44-29(21-25-13-14-31(51-4)28(40)20-25)36(48)42-22-27(37(49)54-32)15-16-43-45-41/h5-10,12-14,17,20,23-24,27,29-30,32,34-35H,11,15-16,18-19,21-22H2,1-4H3,(H,42,48)(H,44,47)/b12-8+/t24-,27+,29+,30-,32-,34-,35+/m0/s1. The summed E-state index contributed by atoms with van der Waals surface area (Å²) in [5.41, 5.74) is 10.3. The van der Waals surface area contributed by atoms with Crippen molar-refractivity contribution >= 4 is 57.6 Å². The quantitative estimate of drug-likeness (QED) is 0.0541. The van der Waals surface area contributed by atoms with Crippen molar-refractivity contribution in [3.63, 3.8) is 0 Å². The van der Waals surface area contributed by atoms with Crippen molar-refractivity contribution in [1.29, 1.82) is 0 Å². The van der Waals surface area contributed by atoms with E-state index in [0.717, 1.165) is 5.56 Å². The molecule has 0 aliphatic carbocycles. The van der Waals surface area contributed by atoms with Gasteiger partial charge in [-0.15, -0.1) is 0 Å². The number of azide groups is 1. The summed E-state index contributed by atoms with van der Waals surface area (Å²) < 4.78 is 23.1. The van der Waals surface area contributed by atoms with Crippen LogP contribution < -0.4 is 15.4 Å². The van der Waals surface area contributed by atoms with Crippen molar-refractivity contribution in [2.24, 2.45) is 22.9 Å². The molecule has 16 heteroatoms. The first kappa shape index (κ1) is 44.0. The molecule has 1 aliphatic rings. The van der Waals surface area contributed by atoms with E-state index in [1.807, 2.05) is 44.2 Å². The predicted octanol–water partition coefficient (Wildman–Crippen LogP) is 5.99. The lowest BCUT2D eigenvalue weighted by atomic mass is 9.90. The van der Waals surface area contributed by atoms with E-state index in [9.17, 15) is 24.0 Å². The number of amides is 2. The van der Waals surface area contributed by atoms with Crippen LogP contribution in [0.3, 0.4) is 0 Å². The maximum Gasteiger partial charge on any atom is 0.347 e. The molecule has 0 spiro atoms. The Hall–Kier alpha value is -4.43. The van der Waals surface area contributed by atoms with Gasteiger partial charge in [-0.3, -0.25) is 14.4 Å². The summed E-state index contributed by atoms with van der Waals surface area (Å²) in [4.78, 5) is 68.3. The number of nitrogens with zero attached hydrogens (tertiary/aromatic N) is 3. The van der Waals surface area contributed by atoms with Crippen LogP contribution >= 0.6 is 27.5 Å². The maximum atomic E-state index is 13.9. The molecule has 0 saturated carbocycles. The predicted molar refractivity (Wildman–Crippen MR) is 205 cm³/mol. The summed E-state index contributed by atoms with van der Waals surface area (Å²) in [6.45, 7) is 4.96. The van der Waals surface area contributed by atoms with E-state index < -0.39 is 64.8 Å². The lowest BCUT2D eigenvalue weighted by Crippen LogP contribution is -2.49. The molecule has 0 radical (unpaired) electrons. The number of carbonyl (C=O) groups excluding carboxylic acids is 5. The van der Waals surface area contributed by atoms with Crippen LogP contribution in [0.25, 0.3) is 10.4 Å². The minimum Gasteiger partial charge on any atom is -0.495 e. The number of hydrogen-bond donors (Lipinski definition) is 2. The molecular weight excluding hydrogens is 786 g/mol.